The minimum absolute atomic E-state index is 0.665. The first kappa shape index (κ1) is 16.6. The van der Waals surface area contributed by atoms with E-state index in [0.717, 1.165) is 33.4 Å². The van der Waals surface area contributed by atoms with E-state index in [1.807, 2.05) is 54.9 Å². The molecule has 0 aliphatic heterocycles. The van der Waals surface area contributed by atoms with Crippen molar-refractivity contribution in [3.05, 3.63) is 64.2 Å². The Hall–Kier alpha value is -2.29. The summed E-state index contributed by atoms with van der Waals surface area (Å²) in [5, 5.41) is 19.0. The van der Waals surface area contributed by atoms with E-state index in [-0.39, 0.29) is 0 Å². The monoisotopic (exact) mass is 354 g/mol. The zero-order chi connectivity index (χ0) is 17.1. The summed E-state index contributed by atoms with van der Waals surface area (Å²) >= 11 is 7.91. The molecule has 0 N–H and O–H groups in total. The number of hydrogen-bond acceptors (Lipinski definition) is 4. The highest BCUT2D eigenvalue weighted by molar-refractivity contribution is 7.98. The standard InChI is InChI=1S/C18H15ClN4S/c1-12-6-7-15(16(19)8-12)17-21-22-18(23(17)2)24-11-14-5-3-4-13(9-14)10-20/h3-9H,11H2,1-2H3. The number of hydrogen-bond donors (Lipinski definition) is 0. The molecule has 0 amide bonds. The smallest absolute Gasteiger partial charge is 0.191 e. The zero-order valence-electron chi connectivity index (χ0n) is 13.3. The molecule has 0 radical (unpaired) electrons. The number of thioether (sulfide) groups is 1. The van der Waals surface area contributed by atoms with E-state index in [2.05, 4.69) is 16.3 Å². The maximum atomic E-state index is 8.97. The Bertz CT molecular complexity index is 927. The molecule has 24 heavy (non-hydrogen) atoms. The van der Waals surface area contributed by atoms with E-state index >= 15 is 0 Å². The lowest BCUT2D eigenvalue weighted by molar-refractivity contribution is 0.794. The summed E-state index contributed by atoms with van der Waals surface area (Å²) in [7, 11) is 1.93. The Morgan fingerprint density at radius 1 is 1.21 bits per heavy atom. The Balaban J connectivity index is 1.81. The summed E-state index contributed by atoms with van der Waals surface area (Å²) in [6.45, 7) is 2.00. The van der Waals surface area contributed by atoms with Crippen LogP contribution in [-0.2, 0) is 12.8 Å². The second-order valence-electron chi connectivity index (χ2n) is 5.45. The molecule has 0 fully saturated rings. The minimum atomic E-state index is 0.665. The molecule has 0 saturated heterocycles. The van der Waals surface area contributed by atoms with Crippen LogP contribution >= 0.6 is 23.4 Å². The highest BCUT2D eigenvalue weighted by Gasteiger charge is 2.14. The van der Waals surface area contributed by atoms with Crippen LogP contribution < -0.4 is 0 Å². The van der Waals surface area contributed by atoms with Gasteiger partial charge >= 0.3 is 0 Å². The maximum Gasteiger partial charge on any atom is 0.191 e. The molecule has 0 bridgehead atoms. The van der Waals surface area contributed by atoms with E-state index in [0.29, 0.717) is 10.6 Å². The van der Waals surface area contributed by atoms with Crippen molar-refractivity contribution in [2.45, 2.75) is 17.8 Å². The Kier molecular flexibility index (Phi) is 4.89. The van der Waals surface area contributed by atoms with Crippen LogP contribution in [0.2, 0.25) is 5.02 Å². The fourth-order valence-corrected chi connectivity index (χ4v) is 3.53. The van der Waals surface area contributed by atoms with Gasteiger partial charge in [-0.15, -0.1) is 10.2 Å². The molecular formula is C18H15ClN4S. The average Bonchev–Trinajstić information content (AvgIpc) is 2.94. The van der Waals surface area contributed by atoms with Gasteiger partial charge in [-0.2, -0.15) is 5.26 Å². The topological polar surface area (TPSA) is 54.5 Å². The van der Waals surface area contributed by atoms with Gasteiger partial charge in [-0.05, 0) is 42.3 Å². The second-order valence-corrected chi connectivity index (χ2v) is 6.80. The van der Waals surface area contributed by atoms with Crippen molar-refractivity contribution in [1.82, 2.24) is 14.8 Å². The maximum absolute atomic E-state index is 8.97. The summed E-state index contributed by atoms with van der Waals surface area (Å²) in [4.78, 5) is 0. The third-order valence-electron chi connectivity index (χ3n) is 3.62. The van der Waals surface area contributed by atoms with Gasteiger partial charge in [0.05, 0.1) is 16.7 Å². The molecule has 6 heteroatoms. The number of aromatic nitrogens is 3. The molecule has 0 unspecified atom stereocenters. The van der Waals surface area contributed by atoms with Gasteiger partial charge in [0.25, 0.3) is 0 Å². The number of nitrogens with zero attached hydrogens (tertiary/aromatic N) is 4. The van der Waals surface area contributed by atoms with Crippen molar-refractivity contribution < 1.29 is 0 Å². The second kappa shape index (κ2) is 7.08. The molecule has 0 atom stereocenters. The molecule has 0 spiro atoms. The molecular weight excluding hydrogens is 340 g/mol. The highest BCUT2D eigenvalue weighted by Crippen LogP contribution is 2.30. The summed E-state index contributed by atoms with van der Waals surface area (Å²) in [5.74, 6) is 1.47. The van der Waals surface area contributed by atoms with Gasteiger partial charge in [0.15, 0.2) is 11.0 Å². The molecule has 0 aliphatic rings. The van der Waals surface area contributed by atoms with Crippen LogP contribution in [0.25, 0.3) is 11.4 Å². The predicted octanol–water partition coefficient (Wildman–Crippen LogP) is 4.61. The van der Waals surface area contributed by atoms with Crippen molar-refractivity contribution >= 4 is 23.4 Å². The van der Waals surface area contributed by atoms with Crippen molar-refractivity contribution in [3.8, 4) is 17.5 Å². The first-order valence-electron chi connectivity index (χ1n) is 7.36. The van der Waals surface area contributed by atoms with Crippen LogP contribution in [0.5, 0.6) is 0 Å². The van der Waals surface area contributed by atoms with E-state index in [4.69, 9.17) is 16.9 Å². The van der Waals surface area contributed by atoms with E-state index < -0.39 is 0 Å². The predicted molar refractivity (Wildman–Crippen MR) is 96.9 cm³/mol. The highest BCUT2D eigenvalue weighted by atomic mass is 35.5. The Morgan fingerprint density at radius 3 is 2.79 bits per heavy atom. The Labute approximate surface area is 150 Å². The normalized spacial score (nSPS) is 10.6. The van der Waals surface area contributed by atoms with Crippen molar-refractivity contribution in [3.63, 3.8) is 0 Å². The van der Waals surface area contributed by atoms with E-state index in [1.165, 1.54) is 0 Å². The van der Waals surface area contributed by atoms with Gasteiger partial charge in [-0.3, -0.25) is 0 Å². The Morgan fingerprint density at radius 2 is 2.04 bits per heavy atom. The van der Waals surface area contributed by atoms with E-state index in [9.17, 15) is 0 Å². The van der Waals surface area contributed by atoms with E-state index in [1.54, 1.807) is 17.8 Å². The van der Waals surface area contributed by atoms with Gasteiger partial charge in [-0.25, -0.2) is 0 Å². The number of benzene rings is 2. The van der Waals surface area contributed by atoms with Crippen LogP contribution in [-0.4, -0.2) is 14.8 Å². The first-order valence-corrected chi connectivity index (χ1v) is 8.72. The van der Waals surface area contributed by atoms with Crippen molar-refractivity contribution in [2.24, 2.45) is 7.05 Å². The van der Waals surface area contributed by atoms with Crippen molar-refractivity contribution in [1.29, 1.82) is 5.26 Å². The third-order valence-corrected chi connectivity index (χ3v) is 5.03. The molecule has 0 saturated carbocycles. The fraction of sp³-hybridized carbons (Fsp3) is 0.167. The number of rotatable bonds is 4. The SMILES string of the molecule is Cc1ccc(-c2nnc(SCc3cccc(C#N)c3)n2C)c(Cl)c1. The average molecular weight is 355 g/mol. The fourth-order valence-electron chi connectivity index (χ4n) is 2.36. The van der Waals surface area contributed by atoms with Gasteiger partial charge in [-0.1, -0.05) is 41.6 Å². The van der Waals surface area contributed by atoms with Crippen LogP contribution in [0.1, 0.15) is 16.7 Å². The molecule has 2 aromatic carbocycles. The number of nitriles is 1. The molecule has 120 valence electrons. The molecule has 3 rings (SSSR count). The van der Waals surface area contributed by atoms with Crippen molar-refractivity contribution in [2.75, 3.05) is 0 Å². The van der Waals surface area contributed by atoms with Gasteiger partial charge in [0.2, 0.25) is 0 Å². The quantitative estimate of drug-likeness (QED) is 0.642. The lowest BCUT2D eigenvalue weighted by Crippen LogP contribution is -1.96. The van der Waals surface area contributed by atoms with Crippen LogP contribution in [0.4, 0.5) is 0 Å². The van der Waals surface area contributed by atoms with Gasteiger partial charge < -0.3 is 4.57 Å². The molecule has 4 nitrogen and oxygen atoms in total. The van der Waals surface area contributed by atoms with Gasteiger partial charge in [0, 0.05) is 18.4 Å². The summed E-state index contributed by atoms with van der Waals surface area (Å²) in [5.41, 5.74) is 3.73. The summed E-state index contributed by atoms with van der Waals surface area (Å²) in [6, 6.07) is 15.6. The van der Waals surface area contributed by atoms with Crippen LogP contribution in [0, 0.1) is 18.3 Å². The minimum Gasteiger partial charge on any atom is -0.305 e. The molecule has 1 heterocycles. The molecule has 3 aromatic rings. The third kappa shape index (κ3) is 3.45. The lowest BCUT2D eigenvalue weighted by Gasteiger charge is -2.06. The number of halogens is 1. The molecule has 1 aromatic heterocycles. The van der Waals surface area contributed by atoms with Crippen LogP contribution in [0.15, 0.2) is 47.6 Å². The number of aryl methyl sites for hydroxylation is 1. The van der Waals surface area contributed by atoms with Gasteiger partial charge in [0.1, 0.15) is 0 Å². The molecule has 0 aliphatic carbocycles. The summed E-state index contributed by atoms with van der Waals surface area (Å²) < 4.78 is 1.94. The largest absolute Gasteiger partial charge is 0.305 e. The first-order chi connectivity index (χ1) is 11.6. The lowest BCUT2D eigenvalue weighted by atomic mass is 10.1. The van der Waals surface area contributed by atoms with Crippen LogP contribution in [0.3, 0.4) is 0 Å². The zero-order valence-corrected chi connectivity index (χ0v) is 14.9. The summed E-state index contributed by atoms with van der Waals surface area (Å²) in [6.07, 6.45) is 0.